The van der Waals surface area contributed by atoms with Crippen molar-refractivity contribution in [1.82, 2.24) is 9.97 Å². The standard InChI is InChI=1S/C33H24N2.Pt/c1-33(2,27-13-7-11-25(21-27)31-29-15-5-3-9-23(29)17-19-34-31)28-14-8-12-26(22-28)32-30-16-6-4-10-24(30)18-20-35-32;/h3-20H,1-2H3;/q-2;+2. The zero-order valence-corrected chi connectivity index (χ0v) is 22.4. The molecular weight excluding hydrogens is 619 g/mol. The summed E-state index contributed by atoms with van der Waals surface area (Å²) in [4.78, 5) is 9.42. The Morgan fingerprint density at radius 3 is 1.44 bits per heavy atom. The second kappa shape index (κ2) is 9.80. The smallest absolute Gasteiger partial charge is 0.304 e. The van der Waals surface area contributed by atoms with Crippen LogP contribution in [-0.2, 0) is 26.5 Å². The summed E-state index contributed by atoms with van der Waals surface area (Å²) in [7, 11) is 0. The zero-order valence-electron chi connectivity index (χ0n) is 20.1. The van der Waals surface area contributed by atoms with Gasteiger partial charge in [0.1, 0.15) is 0 Å². The molecule has 0 bridgehead atoms. The normalized spacial score (nSPS) is 11.4. The van der Waals surface area contributed by atoms with Crippen molar-refractivity contribution in [3.63, 3.8) is 0 Å². The largest absolute Gasteiger partial charge is 2.00 e. The van der Waals surface area contributed by atoms with Crippen molar-refractivity contribution in [1.29, 1.82) is 0 Å². The van der Waals surface area contributed by atoms with Crippen LogP contribution >= 0.6 is 0 Å². The van der Waals surface area contributed by atoms with Crippen molar-refractivity contribution in [3.8, 4) is 22.5 Å². The predicted octanol–water partition coefficient (Wildman–Crippen LogP) is 8.04. The molecule has 176 valence electrons. The topological polar surface area (TPSA) is 25.8 Å². The molecule has 2 heterocycles. The Morgan fingerprint density at radius 1 is 0.528 bits per heavy atom. The Hall–Kier alpha value is -3.61. The maximum absolute atomic E-state index is 4.71. The number of hydrogen-bond acceptors (Lipinski definition) is 2. The van der Waals surface area contributed by atoms with Gasteiger partial charge in [0.2, 0.25) is 0 Å². The van der Waals surface area contributed by atoms with E-state index in [4.69, 9.17) is 9.97 Å². The van der Waals surface area contributed by atoms with Crippen LogP contribution in [0.1, 0.15) is 25.0 Å². The average molecular weight is 644 g/mol. The summed E-state index contributed by atoms with van der Waals surface area (Å²) in [5, 5.41) is 4.63. The summed E-state index contributed by atoms with van der Waals surface area (Å²) >= 11 is 0. The van der Waals surface area contributed by atoms with Gasteiger partial charge in [-0.05, 0) is 50.5 Å². The fourth-order valence-electron chi connectivity index (χ4n) is 4.76. The summed E-state index contributed by atoms with van der Waals surface area (Å²) in [5.41, 5.74) is 5.81. The van der Waals surface area contributed by atoms with E-state index in [0.29, 0.717) is 0 Å². The molecule has 0 saturated heterocycles. The molecule has 0 radical (unpaired) electrons. The van der Waals surface area contributed by atoms with E-state index in [2.05, 4.69) is 111 Å². The molecule has 0 amide bonds. The number of fused-ring (bicyclic) bond motifs is 2. The number of pyridine rings is 2. The van der Waals surface area contributed by atoms with Gasteiger partial charge in [0.15, 0.2) is 0 Å². The molecule has 2 nitrogen and oxygen atoms in total. The summed E-state index contributed by atoms with van der Waals surface area (Å²) in [6.45, 7) is 4.45. The van der Waals surface area contributed by atoms with Gasteiger partial charge in [0.05, 0.1) is 0 Å². The first-order chi connectivity index (χ1) is 17.1. The predicted molar refractivity (Wildman–Crippen MR) is 144 cm³/mol. The van der Waals surface area contributed by atoms with E-state index < -0.39 is 0 Å². The van der Waals surface area contributed by atoms with Crippen molar-refractivity contribution < 1.29 is 21.1 Å². The van der Waals surface area contributed by atoms with Crippen molar-refractivity contribution in [3.05, 3.63) is 133 Å². The molecule has 0 fully saturated rings. The minimum atomic E-state index is -0.304. The Kier molecular flexibility index (Phi) is 6.56. The number of hydrogen-bond donors (Lipinski definition) is 0. The molecule has 0 N–H and O–H groups in total. The van der Waals surface area contributed by atoms with Crippen LogP contribution in [0.4, 0.5) is 0 Å². The molecule has 0 atom stereocenters. The Labute approximate surface area is 226 Å². The maximum Gasteiger partial charge on any atom is 2.00 e. The third-order valence-electron chi connectivity index (χ3n) is 6.79. The van der Waals surface area contributed by atoms with Crippen LogP contribution in [0, 0.1) is 12.1 Å². The van der Waals surface area contributed by atoms with Gasteiger partial charge in [-0.1, -0.05) is 62.4 Å². The monoisotopic (exact) mass is 643 g/mol. The van der Waals surface area contributed by atoms with Crippen molar-refractivity contribution in [2.24, 2.45) is 0 Å². The fraction of sp³-hybridized carbons (Fsp3) is 0.0909. The minimum absolute atomic E-state index is 0. The van der Waals surface area contributed by atoms with E-state index in [1.807, 2.05) is 24.5 Å². The molecule has 0 aliphatic rings. The number of rotatable bonds is 4. The zero-order chi connectivity index (χ0) is 23.8. The van der Waals surface area contributed by atoms with Crippen molar-refractivity contribution in [2.45, 2.75) is 19.3 Å². The summed E-state index contributed by atoms with van der Waals surface area (Å²) in [6, 6.07) is 40.9. The first kappa shape index (κ1) is 24.1. The van der Waals surface area contributed by atoms with E-state index in [0.717, 1.165) is 44.4 Å². The molecule has 2 aromatic heterocycles. The average Bonchev–Trinajstić information content (AvgIpc) is 2.92. The molecule has 6 aromatic rings. The van der Waals surface area contributed by atoms with Crippen LogP contribution in [-0.4, -0.2) is 9.97 Å². The van der Waals surface area contributed by atoms with Gasteiger partial charge in [-0.2, -0.15) is 0 Å². The quantitative estimate of drug-likeness (QED) is 0.182. The molecular formula is C33H24N2Pt. The van der Waals surface area contributed by atoms with E-state index in [1.165, 1.54) is 10.8 Å². The van der Waals surface area contributed by atoms with Crippen molar-refractivity contribution >= 4 is 21.5 Å². The summed E-state index contributed by atoms with van der Waals surface area (Å²) in [5.74, 6) is 0. The van der Waals surface area contributed by atoms with E-state index in [9.17, 15) is 0 Å². The minimum Gasteiger partial charge on any atom is -0.304 e. The Morgan fingerprint density at radius 2 is 0.972 bits per heavy atom. The molecule has 0 aliphatic carbocycles. The molecule has 0 spiro atoms. The number of benzene rings is 4. The third-order valence-corrected chi connectivity index (χ3v) is 6.79. The molecule has 0 saturated carbocycles. The van der Waals surface area contributed by atoms with Crippen LogP contribution in [0.15, 0.2) is 109 Å². The first-order valence-corrected chi connectivity index (χ1v) is 11.9. The fourth-order valence-corrected chi connectivity index (χ4v) is 4.76. The molecule has 36 heavy (non-hydrogen) atoms. The molecule has 4 aromatic carbocycles. The molecule has 6 rings (SSSR count). The van der Waals surface area contributed by atoms with Crippen LogP contribution in [0.3, 0.4) is 0 Å². The van der Waals surface area contributed by atoms with Gasteiger partial charge >= 0.3 is 21.1 Å². The maximum atomic E-state index is 4.71. The second-order valence-electron chi connectivity index (χ2n) is 9.34. The first-order valence-electron chi connectivity index (χ1n) is 11.9. The van der Waals surface area contributed by atoms with Crippen LogP contribution in [0.25, 0.3) is 44.1 Å². The van der Waals surface area contributed by atoms with Gasteiger partial charge in [-0.25, -0.2) is 0 Å². The molecule has 3 heteroatoms. The summed E-state index contributed by atoms with van der Waals surface area (Å²) in [6.07, 6.45) is 3.75. The molecule has 0 aliphatic heterocycles. The van der Waals surface area contributed by atoms with Gasteiger partial charge in [-0.15, -0.1) is 70.8 Å². The summed E-state index contributed by atoms with van der Waals surface area (Å²) < 4.78 is 0. The van der Waals surface area contributed by atoms with Gasteiger partial charge in [0.25, 0.3) is 0 Å². The molecule has 0 unspecified atom stereocenters. The van der Waals surface area contributed by atoms with Gasteiger partial charge in [0, 0.05) is 12.4 Å². The van der Waals surface area contributed by atoms with Crippen LogP contribution < -0.4 is 0 Å². The van der Waals surface area contributed by atoms with E-state index in [1.54, 1.807) is 0 Å². The van der Waals surface area contributed by atoms with Crippen molar-refractivity contribution in [2.75, 3.05) is 0 Å². The van der Waals surface area contributed by atoms with Crippen LogP contribution in [0.2, 0.25) is 0 Å². The Balaban J connectivity index is 0.00000267. The van der Waals surface area contributed by atoms with Gasteiger partial charge < -0.3 is 9.97 Å². The Bertz CT molecular complexity index is 1550. The number of nitrogens with zero attached hydrogens (tertiary/aromatic N) is 2. The number of aromatic nitrogens is 2. The third kappa shape index (κ3) is 4.27. The second-order valence-corrected chi connectivity index (χ2v) is 9.34. The van der Waals surface area contributed by atoms with E-state index >= 15 is 0 Å². The van der Waals surface area contributed by atoms with E-state index in [-0.39, 0.29) is 26.5 Å². The van der Waals surface area contributed by atoms with Crippen LogP contribution in [0.5, 0.6) is 0 Å². The SMILES string of the molecule is CC(C)(c1[c-]c(-c2nccc3ccccc23)ccc1)c1[c-]c(-c2nccc3ccccc23)ccc1.[Pt+2]. The van der Waals surface area contributed by atoms with Gasteiger partial charge in [-0.3, -0.25) is 0 Å².